The first-order chi connectivity index (χ1) is 16.9. The van der Waals surface area contributed by atoms with E-state index >= 15 is 0 Å². The summed E-state index contributed by atoms with van der Waals surface area (Å²) in [5, 5.41) is 0. The second-order valence-electron chi connectivity index (χ2n) is 10.0. The monoisotopic (exact) mass is 488 g/mol. The highest BCUT2D eigenvalue weighted by Gasteiger charge is 2.19. The molecule has 0 saturated heterocycles. The molecule has 3 rings (SSSR count). The van der Waals surface area contributed by atoms with Gasteiger partial charge in [-0.1, -0.05) is 49.9 Å². The normalized spacial score (nSPS) is 13.1. The number of esters is 1. The van der Waals surface area contributed by atoms with Crippen molar-refractivity contribution in [1.82, 2.24) is 4.90 Å². The van der Waals surface area contributed by atoms with Crippen molar-refractivity contribution in [2.45, 2.75) is 52.6 Å². The molecule has 0 unspecified atom stereocenters. The Balaban J connectivity index is 1.83. The minimum absolute atomic E-state index is 0.108. The molecule has 0 atom stereocenters. The lowest BCUT2D eigenvalue weighted by atomic mass is 9.99. The van der Waals surface area contributed by atoms with Gasteiger partial charge < -0.3 is 21.1 Å². The van der Waals surface area contributed by atoms with Crippen molar-refractivity contribution in [1.29, 1.82) is 0 Å². The van der Waals surface area contributed by atoms with E-state index in [0.717, 1.165) is 45.6 Å². The number of ether oxygens (including phenoxy) is 1. The number of benzene rings is 2. The van der Waals surface area contributed by atoms with Crippen molar-refractivity contribution in [2.24, 2.45) is 16.5 Å². The summed E-state index contributed by atoms with van der Waals surface area (Å²) in [6.07, 6.45) is 3.55. The lowest BCUT2D eigenvalue weighted by molar-refractivity contribution is -0.153. The van der Waals surface area contributed by atoms with Gasteiger partial charge in [0.2, 0.25) is 5.91 Å². The van der Waals surface area contributed by atoms with E-state index in [1.165, 1.54) is 0 Å². The lowest BCUT2D eigenvalue weighted by Gasteiger charge is -2.26. The lowest BCUT2D eigenvalue weighted by Crippen LogP contribution is -2.34. The van der Waals surface area contributed by atoms with Crippen molar-refractivity contribution in [2.75, 3.05) is 13.1 Å². The van der Waals surface area contributed by atoms with E-state index in [9.17, 15) is 9.59 Å². The minimum Gasteiger partial charge on any atom is -0.460 e. The zero-order chi connectivity index (χ0) is 26.5. The Labute approximate surface area is 213 Å². The average molecular weight is 489 g/mol. The third-order valence-corrected chi connectivity index (χ3v) is 5.64. The number of carbonyl (C=O) groups excluding carboxylic acids is 2. The van der Waals surface area contributed by atoms with Crippen LogP contribution in [0.15, 0.2) is 65.3 Å². The Morgan fingerprint density at radius 2 is 1.78 bits per heavy atom. The predicted molar refractivity (Wildman–Crippen MR) is 146 cm³/mol. The summed E-state index contributed by atoms with van der Waals surface area (Å²) in [5.74, 6) is -0.174. The van der Waals surface area contributed by atoms with Gasteiger partial charge in [-0.15, -0.1) is 0 Å². The van der Waals surface area contributed by atoms with E-state index in [0.29, 0.717) is 18.8 Å². The smallest absolute Gasteiger partial charge is 0.310 e. The Hall–Kier alpha value is -3.87. The first kappa shape index (κ1) is 26.7. The fraction of sp³-hybridized carbons (Fsp3) is 0.345. The number of fused-ring (bicyclic) bond motifs is 1. The van der Waals surface area contributed by atoms with E-state index in [2.05, 4.69) is 11.6 Å². The largest absolute Gasteiger partial charge is 0.460 e. The standard InChI is InChI=1S/C29H36N4O3/c1-6-13-33(18-27(31)34)19(2)24-15-23-12-11-22(16-25(23)32-26(30)17-24)21-9-7-20(8-10-21)14-28(35)36-29(3,4)5/h7-12,15-16H,2,6,13-14,17-18H2,1,3-5H3,(H2,30,32)(H2,31,34). The summed E-state index contributed by atoms with van der Waals surface area (Å²) >= 11 is 0. The molecule has 0 bridgehead atoms. The van der Waals surface area contributed by atoms with Crippen molar-refractivity contribution < 1.29 is 14.3 Å². The molecule has 0 saturated carbocycles. The molecule has 190 valence electrons. The van der Waals surface area contributed by atoms with Gasteiger partial charge in [0, 0.05) is 24.2 Å². The number of primary amides is 1. The predicted octanol–water partition coefficient (Wildman–Crippen LogP) is 4.72. The zero-order valence-electron chi connectivity index (χ0n) is 21.6. The summed E-state index contributed by atoms with van der Waals surface area (Å²) in [6, 6.07) is 13.9. The summed E-state index contributed by atoms with van der Waals surface area (Å²) < 4.78 is 5.41. The van der Waals surface area contributed by atoms with Crippen molar-refractivity contribution >= 4 is 29.5 Å². The second-order valence-corrected chi connectivity index (χ2v) is 10.0. The average Bonchev–Trinajstić information content (AvgIpc) is 2.94. The van der Waals surface area contributed by atoms with Gasteiger partial charge in [-0.2, -0.15) is 0 Å². The molecule has 7 heteroatoms. The summed E-state index contributed by atoms with van der Waals surface area (Å²) in [4.78, 5) is 30.2. The maximum atomic E-state index is 12.1. The molecule has 4 N–H and O–H groups in total. The van der Waals surface area contributed by atoms with Crippen LogP contribution in [0.25, 0.3) is 17.2 Å². The summed E-state index contributed by atoms with van der Waals surface area (Å²) in [6.45, 7) is 12.6. The molecule has 36 heavy (non-hydrogen) atoms. The third-order valence-electron chi connectivity index (χ3n) is 5.64. The summed E-state index contributed by atoms with van der Waals surface area (Å²) in [5.41, 5.74) is 17.4. The number of hydrogen-bond acceptors (Lipinski definition) is 6. The van der Waals surface area contributed by atoms with Gasteiger partial charge in [0.05, 0.1) is 18.7 Å². The highest BCUT2D eigenvalue weighted by molar-refractivity contribution is 5.92. The van der Waals surface area contributed by atoms with Gasteiger partial charge >= 0.3 is 5.97 Å². The molecule has 1 aliphatic rings. The first-order valence-electron chi connectivity index (χ1n) is 12.2. The van der Waals surface area contributed by atoms with Crippen LogP contribution >= 0.6 is 0 Å². The maximum absolute atomic E-state index is 12.1. The van der Waals surface area contributed by atoms with E-state index in [4.69, 9.17) is 16.2 Å². The summed E-state index contributed by atoms with van der Waals surface area (Å²) in [7, 11) is 0. The molecular weight excluding hydrogens is 452 g/mol. The number of nitrogens with two attached hydrogens (primary N) is 2. The molecular formula is C29H36N4O3. The number of nitrogens with zero attached hydrogens (tertiary/aromatic N) is 2. The van der Waals surface area contributed by atoms with Crippen LogP contribution in [0, 0.1) is 0 Å². The Morgan fingerprint density at radius 3 is 2.39 bits per heavy atom. The molecule has 1 aliphatic heterocycles. The number of allylic oxidation sites excluding steroid dienone is 1. The van der Waals surface area contributed by atoms with Crippen LogP contribution in [-0.4, -0.2) is 41.3 Å². The minimum atomic E-state index is -0.502. The maximum Gasteiger partial charge on any atom is 0.310 e. The highest BCUT2D eigenvalue weighted by Crippen LogP contribution is 2.33. The molecule has 1 amide bonds. The molecule has 0 aliphatic carbocycles. The van der Waals surface area contributed by atoms with Gasteiger partial charge in [-0.05, 0) is 61.6 Å². The van der Waals surface area contributed by atoms with E-state index in [-0.39, 0.29) is 18.9 Å². The van der Waals surface area contributed by atoms with E-state index < -0.39 is 11.5 Å². The van der Waals surface area contributed by atoms with Crippen molar-refractivity contribution in [3.05, 3.63) is 71.4 Å². The van der Waals surface area contributed by atoms with Gasteiger partial charge in [0.25, 0.3) is 0 Å². The van der Waals surface area contributed by atoms with Crippen LogP contribution in [0.3, 0.4) is 0 Å². The molecule has 0 aromatic heterocycles. The van der Waals surface area contributed by atoms with Crippen LogP contribution in [0.4, 0.5) is 5.69 Å². The van der Waals surface area contributed by atoms with Crippen molar-refractivity contribution in [3.63, 3.8) is 0 Å². The molecule has 1 heterocycles. The van der Waals surface area contributed by atoms with Gasteiger partial charge in [-0.3, -0.25) is 9.59 Å². The van der Waals surface area contributed by atoms with Gasteiger partial charge in [0.15, 0.2) is 0 Å². The molecule has 0 spiro atoms. The Morgan fingerprint density at radius 1 is 1.11 bits per heavy atom. The number of amidine groups is 1. The van der Waals surface area contributed by atoms with Crippen LogP contribution in [-0.2, 0) is 20.7 Å². The molecule has 0 radical (unpaired) electrons. The number of aliphatic imine (C=N–C) groups is 1. The zero-order valence-corrected chi connectivity index (χ0v) is 21.6. The van der Waals surface area contributed by atoms with Crippen LogP contribution < -0.4 is 11.5 Å². The highest BCUT2D eigenvalue weighted by atomic mass is 16.6. The Kier molecular flexibility index (Phi) is 8.35. The molecule has 2 aromatic carbocycles. The topological polar surface area (TPSA) is 111 Å². The third kappa shape index (κ3) is 7.31. The first-order valence-corrected chi connectivity index (χ1v) is 12.2. The van der Waals surface area contributed by atoms with E-state index in [1.54, 1.807) is 0 Å². The number of amides is 1. The molecule has 2 aromatic rings. The van der Waals surface area contributed by atoms with E-state index in [1.807, 2.05) is 81.1 Å². The number of hydrogen-bond donors (Lipinski definition) is 2. The SMILES string of the molecule is C=C(C1=Cc2ccc(-c3ccc(CC(=O)OC(C)(C)C)cc3)cc2N=C(N)C1)N(CCC)CC(N)=O. The number of carbonyl (C=O) groups is 2. The van der Waals surface area contributed by atoms with Gasteiger partial charge in [-0.25, -0.2) is 4.99 Å². The molecule has 0 fully saturated rings. The second kappa shape index (κ2) is 11.2. The van der Waals surface area contributed by atoms with Crippen LogP contribution in [0.1, 0.15) is 51.7 Å². The molecule has 7 nitrogen and oxygen atoms in total. The number of rotatable bonds is 9. The Bertz CT molecular complexity index is 1200. The fourth-order valence-corrected chi connectivity index (χ4v) is 4.09. The van der Waals surface area contributed by atoms with Gasteiger partial charge in [0.1, 0.15) is 11.4 Å². The van der Waals surface area contributed by atoms with Crippen LogP contribution in [0.2, 0.25) is 0 Å². The fourth-order valence-electron chi connectivity index (χ4n) is 4.09. The van der Waals surface area contributed by atoms with Crippen LogP contribution in [0.5, 0.6) is 0 Å². The van der Waals surface area contributed by atoms with Crippen molar-refractivity contribution in [3.8, 4) is 11.1 Å². The quantitative estimate of drug-likeness (QED) is 0.496.